The SMILES string of the molecule is CCc1cccc(N(c2ccc(-c3ccc4c(c3)c3ccccc3n4C(C)(C)C)cc2)c2cccc3c2sc2ccccc23)c1. The van der Waals surface area contributed by atoms with Crippen molar-refractivity contribution in [1.82, 2.24) is 4.57 Å². The van der Waals surface area contributed by atoms with Crippen LogP contribution in [0.25, 0.3) is 53.1 Å². The van der Waals surface area contributed by atoms with Crippen molar-refractivity contribution in [1.29, 1.82) is 0 Å². The van der Waals surface area contributed by atoms with E-state index in [0.29, 0.717) is 0 Å². The molecule has 0 aliphatic heterocycles. The molecule has 0 radical (unpaired) electrons. The Kier molecular flexibility index (Phi) is 6.54. The van der Waals surface area contributed by atoms with E-state index in [1.807, 2.05) is 11.3 Å². The van der Waals surface area contributed by atoms with E-state index in [1.54, 1.807) is 0 Å². The Labute approximate surface area is 268 Å². The zero-order valence-corrected chi connectivity index (χ0v) is 27.0. The normalized spacial score (nSPS) is 12.1. The lowest BCUT2D eigenvalue weighted by molar-refractivity contribution is 0.423. The highest BCUT2D eigenvalue weighted by molar-refractivity contribution is 7.26. The molecule has 2 nitrogen and oxygen atoms in total. The number of para-hydroxylation sites is 1. The maximum Gasteiger partial charge on any atom is 0.0640 e. The molecule has 6 aromatic carbocycles. The Morgan fingerprint density at radius 1 is 0.578 bits per heavy atom. The smallest absolute Gasteiger partial charge is 0.0640 e. The lowest BCUT2D eigenvalue weighted by Gasteiger charge is -2.27. The van der Waals surface area contributed by atoms with Gasteiger partial charge >= 0.3 is 0 Å². The van der Waals surface area contributed by atoms with Gasteiger partial charge in [0, 0.05) is 54.2 Å². The fourth-order valence-corrected chi connectivity index (χ4v) is 8.14. The molecule has 0 N–H and O–H groups in total. The molecule has 0 fully saturated rings. The van der Waals surface area contributed by atoms with Crippen LogP contribution in [0.2, 0.25) is 0 Å². The van der Waals surface area contributed by atoms with Crippen molar-refractivity contribution in [2.75, 3.05) is 4.90 Å². The molecule has 8 rings (SSSR count). The molecule has 0 aliphatic carbocycles. The van der Waals surface area contributed by atoms with Gasteiger partial charge in [-0.25, -0.2) is 0 Å². The van der Waals surface area contributed by atoms with Crippen molar-refractivity contribution >= 4 is 70.4 Å². The van der Waals surface area contributed by atoms with Crippen LogP contribution >= 0.6 is 11.3 Å². The first-order chi connectivity index (χ1) is 21.9. The van der Waals surface area contributed by atoms with Gasteiger partial charge in [-0.3, -0.25) is 0 Å². The highest BCUT2D eigenvalue weighted by Gasteiger charge is 2.21. The van der Waals surface area contributed by atoms with Crippen LogP contribution in [0.4, 0.5) is 17.1 Å². The molecule has 0 saturated carbocycles. The van der Waals surface area contributed by atoms with E-state index in [2.05, 4.69) is 171 Å². The quantitative estimate of drug-likeness (QED) is 0.191. The number of rotatable bonds is 5. The molecule has 2 heterocycles. The van der Waals surface area contributed by atoms with E-state index in [4.69, 9.17) is 0 Å². The van der Waals surface area contributed by atoms with Crippen molar-refractivity contribution in [2.24, 2.45) is 0 Å². The highest BCUT2D eigenvalue weighted by Crippen LogP contribution is 2.45. The minimum atomic E-state index is -0.0136. The van der Waals surface area contributed by atoms with Crippen molar-refractivity contribution < 1.29 is 0 Å². The summed E-state index contributed by atoms with van der Waals surface area (Å²) in [6, 6.07) is 49.3. The summed E-state index contributed by atoms with van der Waals surface area (Å²) in [5.74, 6) is 0. The number of thiophene rings is 1. The topological polar surface area (TPSA) is 8.17 Å². The highest BCUT2D eigenvalue weighted by atomic mass is 32.1. The predicted octanol–water partition coefficient (Wildman–Crippen LogP) is 12.6. The third-order valence-electron chi connectivity index (χ3n) is 9.00. The molecule has 0 unspecified atom stereocenters. The van der Waals surface area contributed by atoms with Gasteiger partial charge in [-0.15, -0.1) is 11.3 Å². The number of fused-ring (bicyclic) bond motifs is 6. The molecule has 0 atom stereocenters. The van der Waals surface area contributed by atoms with Crippen LogP contribution in [0.3, 0.4) is 0 Å². The van der Waals surface area contributed by atoms with Gasteiger partial charge < -0.3 is 9.47 Å². The number of anilines is 3. The summed E-state index contributed by atoms with van der Waals surface area (Å²) in [7, 11) is 0. The minimum absolute atomic E-state index is 0.0136. The fraction of sp³-hybridized carbons (Fsp3) is 0.143. The Hall–Kier alpha value is -4.86. The number of nitrogens with zero attached hydrogens (tertiary/aromatic N) is 2. The standard InChI is InChI=1S/C42H36N2S/c1-5-28-12-10-13-32(26-28)43(39-18-11-16-35-34-15-7-9-19-40(34)45-41(35)39)31-23-20-29(21-24-31)30-22-25-38-36(27-30)33-14-6-8-17-37(33)44(38)42(2,3)4/h6-27H,5H2,1-4H3. The third-order valence-corrected chi connectivity index (χ3v) is 10.2. The van der Waals surface area contributed by atoms with Crippen LogP contribution in [0.1, 0.15) is 33.3 Å². The summed E-state index contributed by atoms with van der Waals surface area (Å²) in [5, 5.41) is 5.24. The van der Waals surface area contributed by atoms with E-state index in [1.165, 1.54) is 70.0 Å². The first-order valence-electron chi connectivity index (χ1n) is 15.8. The van der Waals surface area contributed by atoms with Gasteiger partial charge in [0.05, 0.1) is 10.4 Å². The molecule has 2 aromatic heterocycles. The molecule has 0 saturated heterocycles. The second-order valence-electron chi connectivity index (χ2n) is 12.9. The van der Waals surface area contributed by atoms with Gasteiger partial charge in [-0.1, -0.05) is 85.8 Å². The third kappa shape index (κ3) is 4.62. The van der Waals surface area contributed by atoms with Crippen molar-refractivity contribution in [3.63, 3.8) is 0 Å². The predicted molar refractivity (Wildman–Crippen MR) is 197 cm³/mol. The summed E-state index contributed by atoms with van der Waals surface area (Å²) in [6.45, 7) is 9.08. The fourth-order valence-electron chi connectivity index (χ4n) is 6.93. The second kappa shape index (κ2) is 10.6. The van der Waals surface area contributed by atoms with Crippen LogP contribution in [0, 0.1) is 0 Å². The summed E-state index contributed by atoms with van der Waals surface area (Å²) >= 11 is 1.88. The summed E-state index contributed by atoms with van der Waals surface area (Å²) in [6.07, 6.45) is 1.00. The maximum absolute atomic E-state index is 2.47. The van der Waals surface area contributed by atoms with Gasteiger partial charge in [0.15, 0.2) is 0 Å². The van der Waals surface area contributed by atoms with Crippen LogP contribution in [-0.2, 0) is 12.0 Å². The largest absolute Gasteiger partial charge is 0.335 e. The molecule has 220 valence electrons. The lowest BCUT2D eigenvalue weighted by Crippen LogP contribution is -2.21. The first-order valence-corrected chi connectivity index (χ1v) is 16.7. The molecule has 0 bridgehead atoms. The monoisotopic (exact) mass is 600 g/mol. The van der Waals surface area contributed by atoms with Crippen LogP contribution < -0.4 is 4.90 Å². The average Bonchev–Trinajstić information content (AvgIpc) is 3.62. The van der Waals surface area contributed by atoms with Crippen LogP contribution in [-0.4, -0.2) is 4.57 Å². The van der Waals surface area contributed by atoms with Gasteiger partial charge in [0.25, 0.3) is 0 Å². The first kappa shape index (κ1) is 27.7. The maximum atomic E-state index is 2.47. The lowest BCUT2D eigenvalue weighted by atomic mass is 10.0. The van der Waals surface area contributed by atoms with Crippen molar-refractivity contribution in [2.45, 2.75) is 39.7 Å². The number of benzene rings is 6. The Balaban J connectivity index is 1.27. The minimum Gasteiger partial charge on any atom is -0.335 e. The van der Waals surface area contributed by atoms with Crippen molar-refractivity contribution in [3.8, 4) is 11.1 Å². The Morgan fingerprint density at radius 2 is 1.27 bits per heavy atom. The van der Waals surface area contributed by atoms with Gasteiger partial charge in [0.2, 0.25) is 0 Å². The number of aromatic nitrogens is 1. The summed E-state index contributed by atoms with van der Waals surface area (Å²) in [5.41, 5.74) is 9.89. The number of aryl methyl sites for hydroxylation is 1. The van der Waals surface area contributed by atoms with Crippen molar-refractivity contribution in [3.05, 3.63) is 139 Å². The van der Waals surface area contributed by atoms with Gasteiger partial charge in [-0.2, -0.15) is 0 Å². The van der Waals surface area contributed by atoms with Gasteiger partial charge in [0.1, 0.15) is 0 Å². The van der Waals surface area contributed by atoms with E-state index >= 15 is 0 Å². The average molecular weight is 601 g/mol. The molecule has 45 heavy (non-hydrogen) atoms. The molecule has 0 aliphatic rings. The Morgan fingerprint density at radius 3 is 2.07 bits per heavy atom. The second-order valence-corrected chi connectivity index (χ2v) is 14.0. The summed E-state index contributed by atoms with van der Waals surface area (Å²) < 4.78 is 5.10. The zero-order valence-electron chi connectivity index (χ0n) is 26.2. The summed E-state index contributed by atoms with van der Waals surface area (Å²) in [4.78, 5) is 2.43. The van der Waals surface area contributed by atoms with E-state index in [-0.39, 0.29) is 5.54 Å². The van der Waals surface area contributed by atoms with Gasteiger partial charge in [-0.05, 0) is 98.5 Å². The number of hydrogen-bond donors (Lipinski definition) is 0. The number of hydrogen-bond acceptors (Lipinski definition) is 2. The van der Waals surface area contributed by atoms with E-state index in [9.17, 15) is 0 Å². The molecule has 8 aromatic rings. The Bertz CT molecular complexity index is 2350. The molecular formula is C42H36N2S. The zero-order chi connectivity index (χ0) is 30.7. The molecule has 3 heteroatoms. The molecular weight excluding hydrogens is 565 g/mol. The molecule has 0 amide bonds. The van der Waals surface area contributed by atoms with Crippen LogP contribution in [0.5, 0.6) is 0 Å². The van der Waals surface area contributed by atoms with Crippen LogP contribution in [0.15, 0.2) is 133 Å². The van der Waals surface area contributed by atoms with E-state index < -0.39 is 0 Å². The van der Waals surface area contributed by atoms with E-state index in [0.717, 1.165) is 12.1 Å². The molecule has 0 spiro atoms.